The van der Waals surface area contributed by atoms with Gasteiger partial charge in [-0.25, -0.2) is 4.39 Å². The molecule has 0 saturated carbocycles. The first-order valence-corrected chi connectivity index (χ1v) is 5.59. The molecule has 0 saturated heterocycles. The van der Waals surface area contributed by atoms with Gasteiger partial charge in [0.15, 0.2) is 0 Å². The second-order valence-corrected chi connectivity index (χ2v) is 4.15. The maximum Gasteiger partial charge on any atom is 0.123 e. The molecule has 0 aromatic heterocycles. The highest BCUT2D eigenvalue weighted by Crippen LogP contribution is 2.21. The molecule has 0 amide bonds. The van der Waals surface area contributed by atoms with Gasteiger partial charge >= 0.3 is 0 Å². The van der Waals surface area contributed by atoms with Gasteiger partial charge in [0, 0.05) is 11.2 Å². The lowest BCUT2D eigenvalue weighted by molar-refractivity contribution is 0.628. The minimum absolute atomic E-state index is 0.250. The number of aliphatic imine (C=N–C) groups is 1. The first-order valence-electron chi connectivity index (χ1n) is 5.21. The Labute approximate surface area is 105 Å². The zero-order chi connectivity index (χ0) is 12.3. The van der Waals surface area contributed by atoms with E-state index in [-0.39, 0.29) is 5.82 Å². The Morgan fingerprint density at radius 1 is 1.12 bits per heavy atom. The first kappa shape index (κ1) is 11.8. The Kier molecular flexibility index (Phi) is 3.55. The molecule has 0 aliphatic rings. The van der Waals surface area contributed by atoms with E-state index < -0.39 is 0 Å². The van der Waals surface area contributed by atoms with Crippen LogP contribution < -0.4 is 0 Å². The van der Waals surface area contributed by atoms with Gasteiger partial charge in [0.05, 0.1) is 5.69 Å². The molecular formula is C14H11ClFN. The third-order valence-electron chi connectivity index (χ3n) is 2.39. The van der Waals surface area contributed by atoms with Gasteiger partial charge in [-0.15, -0.1) is 0 Å². The fourth-order valence-electron chi connectivity index (χ4n) is 1.36. The molecule has 2 aromatic rings. The van der Waals surface area contributed by atoms with Crippen LogP contribution in [0.3, 0.4) is 0 Å². The summed E-state index contributed by atoms with van der Waals surface area (Å²) in [6.45, 7) is 1.94. The summed E-state index contributed by atoms with van der Waals surface area (Å²) < 4.78 is 12.7. The molecule has 2 aromatic carbocycles. The molecule has 0 radical (unpaired) electrons. The van der Waals surface area contributed by atoms with Gasteiger partial charge < -0.3 is 0 Å². The Morgan fingerprint density at radius 2 is 1.82 bits per heavy atom. The van der Waals surface area contributed by atoms with Crippen molar-refractivity contribution in [1.82, 2.24) is 0 Å². The molecule has 0 atom stereocenters. The second-order valence-electron chi connectivity index (χ2n) is 3.74. The topological polar surface area (TPSA) is 12.4 Å². The summed E-state index contributed by atoms with van der Waals surface area (Å²) in [5.74, 6) is -0.250. The molecule has 0 heterocycles. The van der Waals surface area contributed by atoms with Crippen LogP contribution in [0.25, 0.3) is 0 Å². The molecule has 86 valence electrons. The van der Waals surface area contributed by atoms with Crippen LogP contribution in [0.4, 0.5) is 10.1 Å². The maximum atomic E-state index is 12.7. The third-order valence-corrected chi connectivity index (χ3v) is 2.80. The lowest BCUT2D eigenvalue weighted by atomic mass is 10.2. The quantitative estimate of drug-likeness (QED) is 0.691. The predicted octanol–water partition coefficient (Wildman–Crippen LogP) is 4.54. The fraction of sp³-hybridized carbons (Fsp3) is 0.0714. The predicted molar refractivity (Wildman–Crippen MR) is 69.8 cm³/mol. The number of rotatable bonds is 2. The Morgan fingerprint density at radius 3 is 2.47 bits per heavy atom. The van der Waals surface area contributed by atoms with Crippen molar-refractivity contribution in [3.63, 3.8) is 0 Å². The highest BCUT2D eigenvalue weighted by molar-refractivity contribution is 6.31. The van der Waals surface area contributed by atoms with Crippen molar-refractivity contribution in [2.45, 2.75) is 6.92 Å². The molecule has 0 N–H and O–H groups in total. The molecule has 0 spiro atoms. The zero-order valence-electron chi connectivity index (χ0n) is 9.32. The van der Waals surface area contributed by atoms with E-state index in [1.54, 1.807) is 24.4 Å². The third kappa shape index (κ3) is 3.14. The monoisotopic (exact) mass is 247 g/mol. The molecule has 3 heteroatoms. The van der Waals surface area contributed by atoms with E-state index in [1.165, 1.54) is 12.1 Å². The van der Waals surface area contributed by atoms with E-state index in [9.17, 15) is 4.39 Å². The number of hydrogen-bond donors (Lipinski definition) is 0. The van der Waals surface area contributed by atoms with Crippen LogP contribution in [-0.4, -0.2) is 6.21 Å². The van der Waals surface area contributed by atoms with Crippen LogP contribution in [-0.2, 0) is 0 Å². The summed E-state index contributed by atoms with van der Waals surface area (Å²) in [5.41, 5.74) is 2.65. The van der Waals surface area contributed by atoms with Crippen molar-refractivity contribution in [3.8, 4) is 0 Å². The van der Waals surface area contributed by atoms with Crippen molar-refractivity contribution in [3.05, 3.63) is 64.4 Å². The number of aryl methyl sites for hydroxylation is 1. The normalized spacial score (nSPS) is 11.0. The molecular weight excluding hydrogens is 237 g/mol. The van der Waals surface area contributed by atoms with Gasteiger partial charge in [-0.05, 0) is 42.3 Å². The fourth-order valence-corrected chi connectivity index (χ4v) is 1.53. The van der Waals surface area contributed by atoms with Gasteiger partial charge in [0.25, 0.3) is 0 Å². The molecule has 0 bridgehead atoms. The van der Waals surface area contributed by atoms with Gasteiger partial charge in [-0.2, -0.15) is 0 Å². The number of benzene rings is 2. The molecule has 0 fully saturated rings. The second kappa shape index (κ2) is 5.11. The summed E-state index contributed by atoms with van der Waals surface area (Å²) in [6.07, 6.45) is 1.68. The molecule has 17 heavy (non-hydrogen) atoms. The number of halogens is 2. The van der Waals surface area contributed by atoms with Gasteiger partial charge in [-0.1, -0.05) is 29.8 Å². The van der Waals surface area contributed by atoms with Gasteiger partial charge in [0.2, 0.25) is 0 Å². The summed E-state index contributed by atoms with van der Waals surface area (Å²) in [5, 5.41) is 0.693. The Balaban J connectivity index is 2.20. The van der Waals surface area contributed by atoms with Crippen molar-refractivity contribution >= 4 is 23.5 Å². The van der Waals surface area contributed by atoms with Gasteiger partial charge in [-0.3, -0.25) is 4.99 Å². The van der Waals surface area contributed by atoms with Crippen LogP contribution in [0.5, 0.6) is 0 Å². The highest BCUT2D eigenvalue weighted by Gasteiger charge is 1.96. The SMILES string of the molecule is Cc1ccc(N=Cc2ccc(F)cc2)cc1Cl. The lowest BCUT2D eigenvalue weighted by Crippen LogP contribution is -1.81. The average molecular weight is 248 g/mol. The van der Waals surface area contributed by atoms with Gasteiger partial charge in [0.1, 0.15) is 5.82 Å². The van der Waals surface area contributed by atoms with E-state index in [0.717, 1.165) is 16.8 Å². The van der Waals surface area contributed by atoms with Crippen molar-refractivity contribution in [2.75, 3.05) is 0 Å². The minimum atomic E-state index is -0.250. The van der Waals surface area contributed by atoms with E-state index in [4.69, 9.17) is 11.6 Å². The van der Waals surface area contributed by atoms with Crippen molar-refractivity contribution in [1.29, 1.82) is 0 Å². The van der Waals surface area contributed by atoms with Crippen LogP contribution in [0.15, 0.2) is 47.5 Å². The summed E-state index contributed by atoms with van der Waals surface area (Å²) in [6, 6.07) is 11.8. The zero-order valence-corrected chi connectivity index (χ0v) is 10.1. The maximum absolute atomic E-state index is 12.7. The van der Waals surface area contributed by atoms with Crippen LogP contribution >= 0.6 is 11.6 Å². The van der Waals surface area contributed by atoms with Crippen LogP contribution in [0.2, 0.25) is 5.02 Å². The standard InChI is InChI=1S/C14H11ClFN/c1-10-2-7-13(8-14(10)15)17-9-11-3-5-12(16)6-4-11/h2-9H,1H3. The largest absolute Gasteiger partial charge is 0.256 e. The van der Waals surface area contributed by atoms with Crippen LogP contribution in [0, 0.1) is 12.7 Å². The van der Waals surface area contributed by atoms with Crippen molar-refractivity contribution in [2.24, 2.45) is 4.99 Å². The van der Waals surface area contributed by atoms with E-state index in [1.807, 2.05) is 19.1 Å². The smallest absolute Gasteiger partial charge is 0.123 e. The Bertz CT molecular complexity index is 547. The molecule has 1 nitrogen and oxygen atoms in total. The van der Waals surface area contributed by atoms with Crippen molar-refractivity contribution < 1.29 is 4.39 Å². The lowest BCUT2D eigenvalue weighted by Gasteiger charge is -1.98. The molecule has 2 rings (SSSR count). The van der Waals surface area contributed by atoms with E-state index in [0.29, 0.717) is 5.02 Å². The minimum Gasteiger partial charge on any atom is -0.256 e. The summed E-state index contributed by atoms with van der Waals surface area (Å²) >= 11 is 5.99. The first-order chi connectivity index (χ1) is 8.15. The molecule has 0 aliphatic carbocycles. The number of hydrogen-bond acceptors (Lipinski definition) is 1. The van der Waals surface area contributed by atoms with E-state index >= 15 is 0 Å². The van der Waals surface area contributed by atoms with Crippen LogP contribution in [0.1, 0.15) is 11.1 Å². The number of nitrogens with zero attached hydrogens (tertiary/aromatic N) is 1. The van der Waals surface area contributed by atoms with E-state index in [2.05, 4.69) is 4.99 Å². The summed E-state index contributed by atoms with van der Waals surface area (Å²) in [4.78, 5) is 4.28. The molecule has 0 aliphatic heterocycles. The highest BCUT2D eigenvalue weighted by atomic mass is 35.5. The average Bonchev–Trinajstić information content (AvgIpc) is 2.33. The molecule has 0 unspecified atom stereocenters. The Hall–Kier alpha value is -1.67. The summed E-state index contributed by atoms with van der Waals surface area (Å²) in [7, 11) is 0.